The molecule has 2 aliphatic heterocycles. The second kappa shape index (κ2) is 9.49. The summed E-state index contributed by atoms with van der Waals surface area (Å²) in [5.41, 5.74) is 1.97. The molecule has 0 unspecified atom stereocenters. The molecular formula is C22H27N3O4S. The zero-order chi connectivity index (χ0) is 20.9. The summed E-state index contributed by atoms with van der Waals surface area (Å²) in [5, 5.41) is 3.32. The van der Waals surface area contributed by atoms with Crippen LogP contribution in [0.1, 0.15) is 23.2 Å². The van der Waals surface area contributed by atoms with Crippen molar-refractivity contribution in [3.63, 3.8) is 0 Å². The SMILES string of the molecule is CCc1nc(CN2CCN(C(=O)C=Cc3cc(OC)c4c(c3)OCCO4)CC2)cs1. The molecule has 1 saturated heterocycles. The van der Waals surface area contributed by atoms with E-state index in [-0.39, 0.29) is 5.91 Å². The van der Waals surface area contributed by atoms with Gasteiger partial charge >= 0.3 is 0 Å². The quantitative estimate of drug-likeness (QED) is 0.658. The lowest BCUT2D eigenvalue weighted by atomic mass is 10.1. The molecule has 0 N–H and O–H groups in total. The van der Waals surface area contributed by atoms with Gasteiger partial charge in [0.1, 0.15) is 13.2 Å². The zero-order valence-corrected chi connectivity index (χ0v) is 18.2. The van der Waals surface area contributed by atoms with Gasteiger partial charge in [-0.3, -0.25) is 9.69 Å². The smallest absolute Gasteiger partial charge is 0.246 e. The van der Waals surface area contributed by atoms with Gasteiger partial charge in [0, 0.05) is 44.2 Å². The van der Waals surface area contributed by atoms with E-state index in [1.165, 1.54) is 5.01 Å². The standard InChI is InChI=1S/C22H27N3O4S/c1-3-20-23-17(15-30-20)14-24-6-8-25(9-7-24)21(26)5-4-16-12-18(27-2)22-19(13-16)28-10-11-29-22/h4-5,12-13,15H,3,6-11,14H2,1-2H3. The van der Waals surface area contributed by atoms with Crippen molar-refractivity contribution < 1.29 is 19.0 Å². The van der Waals surface area contributed by atoms with Crippen molar-refractivity contribution in [3.05, 3.63) is 39.9 Å². The predicted molar refractivity (Wildman–Crippen MR) is 116 cm³/mol. The summed E-state index contributed by atoms with van der Waals surface area (Å²) < 4.78 is 16.7. The van der Waals surface area contributed by atoms with Gasteiger partial charge in [-0.2, -0.15) is 0 Å². The van der Waals surface area contributed by atoms with E-state index >= 15 is 0 Å². The highest BCUT2D eigenvalue weighted by molar-refractivity contribution is 7.09. The van der Waals surface area contributed by atoms with E-state index in [4.69, 9.17) is 14.2 Å². The number of aromatic nitrogens is 1. The van der Waals surface area contributed by atoms with Gasteiger partial charge in [0.05, 0.1) is 17.8 Å². The number of fused-ring (bicyclic) bond motifs is 1. The number of carbonyl (C=O) groups excluding carboxylic acids is 1. The van der Waals surface area contributed by atoms with Gasteiger partial charge in [-0.15, -0.1) is 11.3 Å². The minimum absolute atomic E-state index is 0.0189. The summed E-state index contributed by atoms with van der Waals surface area (Å²) in [7, 11) is 1.60. The molecule has 0 saturated carbocycles. The van der Waals surface area contributed by atoms with Crippen LogP contribution < -0.4 is 14.2 Å². The molecule has 1 fully saturated rings. The van der Waals surface area contributed by atoms with Gasteiger partial charge in [0.2, 0.25) is 11.7 Å². The lowest BCUT2D eigenvalue weighted by Gasteiger charge is -2.33. The second-order valence-electron chi connectivity index (χ2n) is 7.27. The van der Waals surface area contributed by atoms with Crippen molar-refractivity contribution in [3.8, 4) is 17.2 Å². The first kappa shape index (κ1) is 20.7. The van der Waals surface area contributed by atoms with Crippen LogP contribution in [-0.4, -0.2) is 67.2 Å². The first-order chi connectivity index (χ1) is 14.7. The summed E-state index contributed by atoms with van der Waals surface area (Å²) in [4.78, 5) is 21.5. The first-order valence-corrected chi connectivity index (χ1v) is 11.1. The average Bonchev–Trinajstić information content (AvgIpc) is 3.25. The Hall–Kier alpha value is -2.58. The number of carbonyl (C=O) groups is 1. The predicted octanol–water partition coefficient (Wildman–Crippen LogP) is 2.84. The van der Waals surface area contributed by atoms with Gasteiger partial charge in [0.15, 0.2) is 11.5 Å². The van der Waals surface area contributed by atoms with Crippen molar-refractivity contribution in [2.75, 3.05) is 46.5 Å². The Morgan fingerprint density at radius 3 is 2.77 bits per heavy atom. The topological polar surface area (TPSA) is 64.1 Å². The number of thiazole rings is 1. The van der Waals surface area contributed by atoms with E-state index in [1.807, 2.05) is 17.0 Å². The van der Waals surface area contributed by atoms with E-state index in [0.29, 0.717) is 30.5 Å². The molecule has 30 heavy (non-hydrogen) atoms. The number of rotatable bonds is 6. The molecule has 0 atom stereocenters. The fourth-order valence-corrected chi connectivity index (χ4v) is 4.34. The molecule has 1 aromatic heterocycles. The highest BCUT2D eigenvalue weighted by Gasteiger charge is 2.21. The molecule has 2 aromatic rings. The molecule has 0 spiro atoms. The van der Waals surface area contributed by atoms with Crippen molar-refractivity contribution in [2.45, 2.75) is 19.9 Å². The molecule has 4 rings (SSSR count). The van der Waals surface area contributed by atoms with Crippen LogP contribution in [0.5, 0.6) is 17.2 Å². The highest BCUT2D eigenvalue weighted by atomic mass is 32.1. The lowest BCUT2D eigenvalue weighted by molar-refractivity contribution is -0.127. The van der Waals surface area contributed by atoms with Crippen LogP contribution >= 0.6 is 11.3 Å². The zero-order valence-electron chi connectivity index (χ0n) is 17.4. The third-order valence-electron chi connectivity index (χ3n) is 5.24. The number of methoxy groups -OCH3 is 1. The largest absolute Gasteiger partial charge is 0.493 e. The maximum Gasteiger partial charge on any atom is 0.246 e. The molecule has 1 aromatic carbocycles. The monoisotopic (exact) mass is 429 g/mol. The van der Waals surface area contributed by atoms with Gasteiger partial charge in [-0.1, -0.05) is 6.92 Å². The van der Waals surface area contributed by atoms with Crippen LogP contribution in [0, 0.1) is 0 Å². The molecule has 0 bridgehead atoms. The maximum atomic E-state index is 12.6. The Morgan fingerprint density at radius 2 is 2.03 bits per heavy atom. The first-order valence-electron chi connectivity index (χ1n) is 10.3. The molecule has 3 heterocycles. The molecule has 160 valence electrons. The van der Waals surface area contributed by atoms with E-state index < -0.39 is 0 Å². The number of hydrogen-bond acceptors (Lipinski definition) is 7. The molecular weight excluding hydrogens is 402 g/mol. The molecule has 8 heteroatoms. The summed E-state index contributed by atoms with van der Waals surface area (Å²) in [6, 6.07) is 3.73. The molecule has 1 amide bonds. The Balaban J connectivity index is 1.33. The van der Waals surface area contributed by atoms with E-state index in [1.54, 1.807) is 30.6 Å². The van der Waals surface area contributed by atoms with Gasteiger partial charge in [-0.05, 0) is 30.2 Å². The van der Waals surface area contributed by atoms with Gasteiger partial charge in [0.25, 0.3) is 0 Å². The summed E-state index contributed by atoms with van der Waals surface area (Å²) in [5.74, 6) is 1.90. The fourth-order valence-electron chi connectivity index (χ4n) is 3.60. The van der Waals surface area contributed by atoms with Gasteiger partial charge < -0.3 is 19.1 Å². The third-order valence-corrected chi connectivity index (χ3v) is 6.28. The number of ether oxygens (including phenoxy) is 3. The number of amides is 1. The number of nitrogens with zero attached hydrogens (tertiary/aromatic N) is 3. The molecule has 7 nitrogen and oxygen atoms in total. The second-order valence-corrected chi connectivity index (χ2v) is 8.21. The summed E-state index contributed by atoms with van der Waals surface area (Å²) in [6.45, 7) is 7.15. The number of hydrogen-bond donors (Lipinski definition) is 0. The van der Waals surface area contributed by atoms with Crippen LogP contribution in [0.4, 0.5) is 0 Å². The van der Waals surface area contributed by atoms with Gasteiger partial charge in [-0.25, -0.2) is 4.98 Å². The van der Waals surface area contributed by atoms with Crippen LogP contribution in [0.3, 0.4) is 0 Å². The minimum Gasteiger partial charge on any atom is -0.493 e. The molecule has 2 aliphatic rings. The Morgan fingerprint density at radius 1 is 1.23 bits per heavy atom. The highest BCUT2D eigenvalue weighted by Crippen LogP contribution is 2.40. The molecule has 0 radical (unpaired) electrons. The average molecular weight is 430 g/mol. The summed E-state index contributed by atoms with van der Waals surface area (Å²) in [6.07, 6.45) is 4.40. The fraction of sp³-hybridized carbons (Fsp3) is 0.455. The maximum absolute atomic E-state index is 12.6. The Bertz CT molecular complexity index is 902. The number of aryl methyl sites for hydroxylation is 1. The van der Waals surface area contributed by atoms with Crippen LogP contribution in [0.2, 0.25) is 0 Å². The van der Waals surface area contributed by atoms with Crippen molar-refractivity contribution in [1.82, 2.24) is 14.8 Å². The van der Waals surface area contributed by atoms with Crippen LogP contribution in [0.15, 0.2) is 23.6 Å². The number of piperazine rings is 1. The van der Waals surface area contributed by atoms with E-state index in [9.17, 15) is 4.79 Å². The third kappa shape index (κ3) is 4.76. The Labute approximate surface area is 180 Å². The van der Waals surface area contributed by atoms with Crippen molar-refractivity contribution in [2.24, 2.45) is 0 Å². The van der Waals surface area contributed by atoms with E-state index in [2.05, 4.69) is 22.2 Å². The van der Waals surface area contributed by atoms with Crippen LogP contribution in [0.25, 0.3) is 6.08 Å². The molecule has 0 aliphatic carbocycles. The van der Waals surface area contributed by atoms with E-state index in [0.717, 1.165) is 50.4 Å². The minimum atomic E-state index is 0.0189. The lowest BCUT2D eigenvalue weighted by Crippen LogP contribution is -2.47. The normalized spacial score (nSPS) is 16.8. The summed E-state index contributed by atoms with van der Waals surface area (Å²) >= 11 is 1.72. The van der Waals surface area contributed by atoms with Crippen molar-refractivity contribution in [1.29, 1.82) is 0 Å². The van der Waals surface area contributed by atoms with Crippen molar-refractivity contribution >= 4 is 23.3 Å². The number of benzene rings is 1. The Kier molecular flexibility index (Phi) is 6.54. The van der Waals surface area contributed by atoms with Crippen LogP contribution in [-0.2, 0) is 17.8 Å².